The Labute approximate surface area is 109 Å². The maximum atomic E-state index is 11.8. The van der Waals surface area contributed by atoms with Gasteiger partial charge in [-0.15, -0.1) is 0 Å². The standard InChI is InChI=1S/C13H24N2O3/c1-9(2)12(13(17)18-3)15-11(16)5-4-10-6-7-14-8-10/h9-10,12,14H,4-8H2,1-3H3,(H,15,16)/t10?,12-/m0/s1. The van der Waals surface area contributed by atoms with E-state index >= 15 is 0 Å². The minimum atomic E-state index is -0.538. The molecule has 0 aromatic heterocycles. The van der Waals surface area contributed by atoms with Crippen LogP contribution in [0.4, 0.5) is 0 Å². The Balaban J connectivity index is 2.33. The molecule has 1 unspecified atom stereocenters. The van der Waals surface area contributed by atoms with E-state index in [-0.39, 0.29) is 17.8 Å². The third kappa shape index (κ3) is 4.64. The highest BCUT2D eigenvalue weighted by Crippen LogP contribution is 2.14. The average Bonchev–Trinajstić information content (AvgIpc) is 2.85. The molecule has 1 saturated heterocycles. The van der Waals surface area contributed by atoms with Gasteiger partial charge in [0.2, 0.25) is 5.91 Å². The van der Waals surface area contributed by atoms with Gasteiger partial charge in [-0.3, -0.25) is 4.79 Å². The lowest BCUT2D eigenvalue weighted by molar-refractivity contribution is -0.146. The number of hydrogen-bond acceptors (Lipinski definition) is 4. The number of carbonyl (C=O) groups is 2. The van der Waals surface area contributed by atoms with E-state index in [1.54, 1.807) is 0 Å². The topological polar surface area (TPSA) is 67.4 Å². The number of nitrogens with one attached hydrogen (secondary N) is 2. The Morgan fingerprint density at radius 3 is 2.67 bits per heavy atom. The number of esters is 1. The van der Waals surface area contributed by atoms with Crippen LogP contribution >= 0.6 is 0 Å². The molecule has 18 heavy (non-hydrogen) atoms. The third-order valence-corrected chi connectivity index (χ3v) is 3.38. The molecule has 0 spiro atoms. The van der Waals surface area contributed by atoms with Gasteiger partial charge in [-0.1, -0.05) is 13.8 Å². The van der Waals surface area contributed by atoms with E-state index in [1.165, 1.54) is 7.11 Å². The summed E-state index contributed by atoms with van der Waals surface area (Å²) in [5.41, 5.74) is 0. The van der Waals surface area contributed by atoms with Crippen molar-refractivity contribution in [1.82, 2.24) is 10.6 Å². The average molecular weight is 256 g/mol. The quantitative estimate of drug-likeness (QED) is 0.686. The summed E-state index contributed by atoms with van der Waals surface area (Å²) in [5, 5.41) is 6.03. The monoisotopic (exact) mass is 256 g/mol. The zero-order valence-corrected chi connectivity index (χ0v) is 11.5. The number of hydrogen-bond donors (Lipinski definition) is 2. The van der Waals surface area contributed by atoms with Crippen molar-refractivity contribution in [3.05, 3.63) is 0 Å². The maximum Gasteiger partial charge on any atom is 0.328 e. The van der Waals surface area contributed by atoms with Gasteiger partial charge in [0.25, 0.3) is 0 Å². The smallest absolute Gasteiger partial charge is 0.328 e. The molecule has 2 N–H and O–H groups in total. The normalized spacial score (nSPS) is 20.8. The molecule has 1 fully saturated rings. The number of amides is 1. The van der Waals surface area contributed by atoms with Crippen molar-refractivity contribution < 1.29 is 14.3 Å². The van der Waals surface area contributed by atoms with E-state index < -0.39 is 6.04 Å². The number of carbonyl (C=O) groups excluding carboxylic acids is 2. The maximum absolute atomic E-state index is 11.8. The summed E-state index contributed by atoms with van der Waals surface area (Å²) in [7, 11) is 1.34. The lowest BCUT2D eigenvalue weighted by Crippen LogP contribution is -2.45. The number of methoxy groups -OCH3 is 1. The van der Waals surface area contributed by atoms with Gasteiger partial charge in [-0.25, -0.2) is 4.79 Å². The minimum absolute atomic E-state index is 0.0366. The zero-order chi connectivity index (χ0) is 13.5. The van der Waals surface area contributed by atoms with E-state index in [2.05, 4.69) is 15.4 Å². The van der Waals surface area contributed by atoms with Gasteiger partial charge in [0.1, 0.15) is 6.04 Å². The first-order valence-electron chi connectivity index (χ1n) is 6.62. The van der Waals surface area contributed by atoms with Crippen LogP contribution < -0.4 is 10.6 Å². The Kier molecular flexibility index (Phi) is 6.12. The summed E-state index contributed by atoms with van der Waals surface area (Å²) < 4.78 is 4.69. The Morgan fingerprint density at radius 2 is 2.17 bits per heavy atom. The highest BCUT2D eigenvalue weighted by molar-refractivity contribution is 5.84. The summed E-state index contributed by atoms with van der Waals surface area (Å²) >= 11 is 0. The molecule has 0 aliphatic carbocycles. The predicted molar refractivity (Wildman–Crippen MR) is 69.0 cm³/mol. The predicted octanol–water partition coefficient (Wildman–Crippen LogP) is 0.690. The molecule has 5 heteroatoms. The van der Waals surface area contributed by atoms with Crippen LogP contribution in [-0.2, 0) is 14.3 Å². The molecule has 5 nitrogen and oxygen atoms in total. The molecule has 1 aliphatic heterocycles. The van der Waals surface area contributed by atoms with Gasteiger partial charge in [0.05, 0.1) is 7.11 Å². The van der Waals surface area contributed by atoms with E-state index in [1.807, 2.05) is 13.8 Å². The molecule has 1 heterocycles. The van der Waals surface area contributed by atoms with E-state index in [0.717, 1.165) is 25.9 Å². The summed E-state index contributed by atoms with van der Waals surface area (Å²) in [6.07, 6.45) is 2.50. The summed E-state index contributed by atoms with van der Waals surface area (Å²) in [5.74, 6) is 0.188. The fourth-order valence-corrected chi connectivity index (χ4v) is 2.17. The molecule has 2 atom stereocenters. The largest absolute Gasteiger partial charge is 0.467 e. The first kappa shape index (κ1) is 15.0. The second-order valence-electron chi connectivity index (χ2n) is 5.21. The molecule has 0 aromatic carbocycles. The summed E-state index contributed by atoms with van der Waals surface area (Å²) in [6.45, 7) is 5.83. The molecule has 0 radical (unpaired) electrons. The van der Waals surface area contributed by atoms with Gasteiger partial charge >= 0.3 is 5.97 Å². The first-order chi connectivity index (χ1) is 8.54. The van der Waals surface area contributed by atoms with Crippen molar-refractivity contribution >= 4 is 11.9 Å². The lowest BCUT2D eigenvalue weighted by atomic mass is 10.0. The van der Waals surface area contributed by atoms with Gasteiger partial charge in [0.15, 0.2) is 0 Å². The van der Waals surface area contributed by atoms with Crippen LogP contribution in [0.5, 0.6) is 0 Å². The number of rotatable bonds is 6. The van der Waals surface area contributed by atoms with E-state index in [4.69, 9.17) is 0 Å². The molecule has 0 aromatic rings. The highest BCUT2D eigenvalue weighted by Gasteiger charge is 2.25. The van der Waals surface area contributed by atoms with Gasteiger partial charge < -0.3 is 15.4 Å². The van der Waals surface area contributed by atoms with Gasteiger partial charge in [-0.05, 0) is 37.8 Å². The van der Waals surface area contributed by atoms with Crippen molar-refractivity contribution in [2.75, 3.05) is 20.2 Å². The van der Waals surface area contributed by atoms with Crippen molar-refractivity contribution in [1.29, 1.82) is 0 Å². The van der Waals surface area contributed by atoms with Gasteiger partial charge in [-0.2, -0.15) is 0 Å². The van der Waals surface area contributed by atoms with Crippen LogP contribution in [-0.4, -0.2) is 38.1 Å². The summed E-state index contributed by atoms with van der Waals surface area (Å²) in [4.78, 5) is 23.3. The Bertz CT molecular complexity index is 286. The van der Waals surface area contributed by atoms with Crippen LogP contribution in [0.25, 0.3) is 0 Å². The van der Waals surface area contributed by atoms with Crippen molar-refractivity contribution in [3.63, 3.8) is 0 Å². The molecule has 1 amide bonds. The van der Waals surface area contributed by atoms with E-state index in [0.29, 0.717) is 12.3 Å². The Hall–Kier alpha value is -1.10. The van der Waals surface area contributed by atoms with Crippen LogP contribution in [0.2, 0.25) is 0 Å². The van der Waals surface area contributed by atoms with Crippen LogP contribution in [0.15, 0.2) is 0 Å². The molecule has 1 aliphatic rings. The highest BCUT2D eigenvalue weighted by atomic mass is 16.5. The Morgan fingerprint density at radius 1 is 1.44 bits per heavy atom. The van der Waals surface area contributed by atoms with Crippen LogP contribution in [0.1, 0.15) is 33.1 Å². The first-order valence-corrected chi connectivity index (χ1v) is 6.62. The lowest BCUT2D eigenvalue weighted by Gasteiger charge is -2.20. The second kappa shape index (κ2) is 7.36. The molecule has 104 valence electrons. The van der Waals surface area contributed by atoms with Gasteiger partial charge in [0, 0.05) is 6.42 Å². The zero-order valence-electron chi connectivity index (χ0n) is 11.5. The van der Waals surface area contributed by atoms with Crippen LogP contribution in [0, 0.1) is 11.8 Å². The molecule has 0 bridgehead atoms. The fourth-order valence-electron chi connectivity index (χ4n) is 2.17. The van der Waals surface area contributed by atoms with Crippen molar-refractivity contribution in [2.45, 2.75) is 39.2 Å². The van der Waals surface area contributed by atoms with Crippen LogP contribution in [0.3, 0.4) is 0 Å². The molecular formula is C13H24N2O3. The molecular weight excluding hydrogens is 232 g/mol. The molecule has 0 saturated carbocycles. The second-order valence-corrected chi connectivity index (χ2v) is 5.21. The summed E-state index contributed by atoms with van der Waals surface area (Å²) in [6, 6.07) is -0.538. The SMILES string of the molecule is COC(=O)[C@@H](NC(=O)CCC1CCNC1)C(C)C. The van der Waals surface area contributed by atoms with Crippen molar-refractivity contribution in [2.24, 2.45) is 11.8 Å². The fraction of sp³-hybridized carbons (Fsp3) is 0.846. The van der Waals surface area contributed by atoms with Crippen molar-refractivity contribution in [3.8, 4) is 0 Å². The molecule has 1 rings (SSSR count). The number of ether oxygens (including phenoxy) is 1. The third-order valence-electron chi connectivity index (χ3n) is 3.38. The minimum Gasteiger partial charge on any atom is -0.467 e. The van der Waals surface area contributed by atoms with E-state index in [9.17, 15) is 9.59 Å².